The topological polar surface area (TPSA) is 55.4 Å². The first-order valence-electron chi connectivity index (χ1n) is 7.41. The number of carbonyl (C=O) groups excluding carboxylic acids is 2. The quantitative estimate of drug-likeness (QED) is 0.655. The minimum atomic E-state index is -0.583. The summed E-state index contributed by atoms with van der Waals surface area (Å²) >= 11 is 5.78. The number of rotatable bonds is 5. The van der Waals surface area contributed by atoms with Crippen molar-refractivity contribution in [1.82, 2.24) is 0 Å². The summed E-state index contributed by atoms with van der Waals surface area (Å²) in [6.07, 6.45) is 2.87. The standard InChI is InChI=1S/C19H18ClNO3/c1-13-9-14(2)11-17(10-13)21-18(22)12-24-19(23)8-5-15-3-6-16(20)7-4-15/h3-11H,12H2,1-2H3,(H,21,22)/b8-5+. The van der Waals surface area contributed by atoms with Gasteiger partial charge in [0.05, 0.1) is 0 Å². The number of anilines is 1. The van der Waals surface area contributed by atoms with Gasteiger partial charge in [0.25, 0.3) is 5.91 Å². The van der Waals surface area contributed by atoms with Crippen molar-refractivity contribution in [3.63, 3.8) is 0 Å². The Hall–Kier alpha value is -2.59. The summed E-state index contributed by atoms with van der Waals surface area (Å²) in [6, 6.07) is 12.7. The van der Waals surface area contributed by atoms with E-state index in [0.717, 1.165) is 16.7 Å². The van der Waals surface area contributed by atoms with E-state index in [9.17, 15) is 9.59 Å². The second-order valence-corrected chi connectivity index (χ2v) is 5.85. The van der Waals surface area contributed by atoms with Gasteiger partial charge in [-0.25, -0.2) is 4.79 Å². The molecule has 0 bridgehead atoms. The average Bonchev–Trinajstić information content (AvgIpc) is 2.51. The van der Waals surface area contributed by atoms with Crippen LogP contribution in [0.25, 0.3) is 6.08 Å². The number of ether oxygens (including phenoxy) is 1. The van der Waals surface area contributed by atoms with E-state index < -0.39 is 5.97 Å². The fraction of sp³-hybridized carbons (Fsp3) is 0.158. The molecule has 0 aliphatic heterocycles. The van der Waals surface area contributed by atoms with Gasteiger partial charge in [0.2, 0.25) is 0 Å². The smallest absolute Gasteiger partial charge is 0.331 e. The van der Waals surface area contributed by atoms with E-state index >= 15 is 0 Å². The molecule has 4 nitrogen and oxygen atoms in total. The summed E-state index contributed by atoms with van der Waals surface area (Å²) in [7, 11) is 0. The molecule has 0 saturated heterocycles. The van der Waals surface area contributed by atoms with Gasteiger partial charge in [-0.1, -0.05) is 29.8 Å². The first-order valence-corrected chi connectivity index (χ1v) is 7.79. The zero-order valence-corrected chi connectivity index (χ0v) is 14.3. The Labute approximate surface area is 146 Å². The van der Waals surface area contributed by atoms with E-state index in [2.05, 4.69) is 5.32 Å². The van der Waals surface area contributed by atoms with E-state index in [1.54, 1.807) is 30.3 Å². The van der Waals surface area contributed by atoms with Crippen LogP contribution in [-0.2, 0) is 14.3 Å². The second kappa shape index (κ2) is 8.31. The van der Waals surface area contributed by atoms with Crippen LogP contribution in [0.2, 0.25) is 5.02 Å². The molecule has 0 unspecified atom stereocenters. The molecule has 0 aliphatic rings. The molecule has 0 heterocycles. The van der Waals surface area contributed by atoms with Gasteiger partial charge in [-0.15, -0.1) is 0 Å². The predicted octanol–water partition coefficient (Wildman–Crippen LogP) is 4.15. The van der Waals surface area contributed by atoms with Crippen molar-refractivity contribution in [2.24, 2.45) is 0 Å². The Balaban J connectivity index is 1.82. The van der Waals surface area contributed by atoms with Crippen molar-refractivity contribution >= 4 is 35.2 Å². The van der Waals surface area contributed by atoms with Gasteiger partial charge in [-0.05, 0) is 60.9 Å². The maximum atomic E-state index is 11.8. The van der Waals surface area contributed by atoms with Gasteiger partial charge in [-0.2, -0.15) is 0 Å². The number of nitrogens with one attached hydrogen (secondary N) is 1. The zero-order valence-electron chi connectivity index (χ0n) is 13.5. The summed E-state index contributed by atoms with van der Waals surface area (Å²) in [5.74, 6) is -0.964. The molecule has 2 rings (SSSR count). The van der Waals surface area contributed by atoms with E-state index in [1.807, 2.05) is 32.0 Å². The maximum Gasteiger partial charge on any atom is 0.331 e. The molecule has 0 saturated carbocycles. The zero-order chi connectivity index (χ0) is 17.5. The number of hydrogen-bond donors (Lipinski definition) is 1. The number of amides is 1. The fourth-order valence-electron chi connectivity index (χ4n) is 2.17. The lowest BCUT2D eigenvalue weighted by Gasteiger charge is -2.07. The molecule has 5 heteroatoms. The Morgan fingerprint density at radius 1 is 1.08 bits per heavy atom. The molecule has 0 spiro atoms. The summed E-state index contributed by atoms with van der Waals surface area (Å²) in [5.41, 5.74) is 3.60. The highest BCUT2D eigenvalue weighted by atomic mass is 35.5. The van der Waals surface area contributed by atoms with Crippen LogP contribution in [0, 0.1) is 13.8 Å². The van der Waals surface area contributed by atoms with E-state index in [0.29, 0.717) is 10.7 Å². The van der Waals surface area contributed by atoms with Gasteiger partial charge in [-0.3, -0.25) is 4.79 Å². The van der Waals surface area contributed by atoms with Crippen LogP contribution < -0.4 is 5.32 Å². The maximum absolute atomic E-state index is 11.8. The summed E-state index contributed by atoms with van der Waals surface area (Å²) < 4.78 is 4.92. The van der Waals surface area contributed by atoms with Crippen molar-refractivity contribution in [3.05, 3.63) is 70.3 Å². The highest BCUT2D eigenvalue weighted by molar-refractivity contribution is 6.30. The lowest BCUT2D eigenvalue weighted by molar-refractivity contribution is -0.142. The summed E-state index contributed by atoms with van der Waals surface area (Å²) in [4.78, 5) is 23.5. The van der Waals surface area contributed by atoms with Gasteiger partial charge in [0.1, 0.15) is 0 Å². The van der Waals surface area contributed by atoms with Crippen LogP contribution in [0.5, 0.6) is 0 Å². The molecule has 0 fully saturated rings. The Bertz CT molecular complexity index is 746. The lowest BCUT2D eigenvalue weighted by atomic mass is 10.1. The normalized spacial score (nSPS) is 10.6. The number of benzene rings is 2. The van der Waals surface area contributed by atoms with Crippen molar-refractivity contribution in [2.75, 3.05) is 11.9 Å². The molecule has 0 aliphatic carbocycles. The molecule has 124 valence electrons. The molecule has 1 amide bonds. The molecule has 0 aromatic heterocycles. The van der Waals surface area contributed by atoms with Crippen LogP contribution in [0.4, 0.5) is 5.69 Å². The number of halogens is 1. The van der Waals surface area contributed by atoms with Crippen molar-refractivity contribution < 1.29 is 14.3 Å². The van der Waals surface area contributed by atoms with Crippen LogP contribution in [-0.4, -0.2) is 18.5 Å². The Morgan fingerprint density at radius 3 is 2.33 bits per heavy atom. The minimum absolute atomic E-state index is 0.337. The van der Waals surface area contributed by atoms with Gasteiger partial charge < -0.3 is 10.1 Å². The molecule has 0 radical (unpaired) electrons. The predicted molar refractivity (Wildman–Crippen MR) is 96.0 cm³/mol. The number of carbonyl (C=O) groups is 2. The third kappa shape index (κ3) is 5.89. The highest BCUT2D eigenvalue weighted by Crippen LogP contribution is 2.13. The van der Waals surface area contributed by atoms with Crippen molar-refractivity contribution in [3.8, 4) is 0 Å². The fourth-order valence-corrected chi connectivity index (χ4v) is 2.29. The molecule has 24 heavy (non-hydrogen) atoms. The molecular weight excluding hydrogens is 326 g/mol. The highest BCUT2D eigenvalue weighted by Gasteiger charge is 2.06. The largest absolute Gasteiger partial charge is 0.452 e. The number of esters is 1. The number of hydrogen-bond acceptors (Lipinski definition) is 3. The lowest BCUT2D eigenvalue weighted by Crippen LogP contribution is -2.20. The van der Waals surface area contributed by atoms with Crippen LogP contribution >= 0.6 is 11.6 Å². The van der Waals surface area contributed by atoms with E-state index in [-0.39, 0.29) is 12.5 Å². The van der Waals surface area contributed by atoms with Crippen molar-refractivity contribution in [1.29, 1.82) is 0 Å². The second-order valence-electron chi connectivity index (χ2n) is 5.42. The Morgan fingerprint density at radius 2 is 1.71 bits per heavy atom. The Kier molecular flexibility index (Phi) is 6.15. The first kappa shape index (κ1) is 17.8. The number of aryl methyl sites for hydroxylation is 2. The van der Waals surface area contributed by atoms with Gasteiger partial charge >= 0.3 is 5.97 Å². The molecule has 2 aromatic rings. The van der Waals surface area contributed by atoms with Crippen LogP contribution in [0.15, 0.2) is 48.5 Å². The van der Waals surface area contributed by atoms with Crippen LogP contribution in [0.1, 0.15) is 16.7 Å². The minimum Gasteiger partial charge on any atom is -0.452 e. The molecular formula is C19H18ClNO3. The summed E-state index contributed by atoms with van der Waals surface area (Å²) in [5, 5.41) is 3.33. The molecule has 2 aromatic carbocycles. The van der Waals surface area contributed by atoms with E-state index in [4.69, 9.17) is 16.3 Å². The van der Waals surface area contributed by atoms with E-state index in [1.165, 1.54) is 6.08 Å². The third-order valence-electron chi connectivity index (χ3n) is 3.13. The SMILES string of the molecule is Cc1cc(C)cc(NC(=O)COC(=O)/C=C/c2ccc(Cl)cc2)c1. The first-order chi connectivity index (χ1) is 11.4. The average molecular weight is 344 g/mol. The van der Waals surface area contributed by atoms with Gasteiger partial charge in [0.15, 0.2) is 6.61 Å². The monoisotopic (exact) mass is 343 g/mol. The van der Waals surface area contributed by atoms with Crippen molar-refractivity contribution in [2.45, 2.75) is 13.8 Å². The molecule has 1 N–H and O–H groups in total. The summed E-state index contributed by atoms with van der Waals surface area (Å²) in [6.45, 7) is 3.56. The molecule has 0 atom stereocenters. The van der Waals surface area contributed by atoms with Gasteiger partial charge in [0, 0.05) is 16.8 Å². The van der Waals surface area contributed by atoms with Crippen LogP contribution in [0.3, 0.4) is 0 Å². The third-order valence-corrected chi connectivity index (χ3v) is 3.38.